The molecular formula is H6Ca3O8P2Zn3. The summed E-state index contributed by atoms with van der Waals surface area (Å²) >= 11 is 0. The zero-order valence-corrected chi connectivity index (χ0v) is 17.0. The molecule has 8 nitrogen and oxygen atoms in total. The first-order valence-corrected chi connectivity index (χ1v) is 4.38. The van der Waals surface area contributed by atoms with Gasteiger partial charge in [0.25, 0.3) is 0 Å². The van der Waals surface area contributed by atoms with Gasteiger partial charge in [0.1, 0.15) is 0 Å². The van der Waals surface area contributed by atoms with Crippen molar-refractivity contribution in [3.8, 4) is 0 Å². The number of phosphoric acid groups is 2. The van der Waals surface area contributed by atoms with Crippen LogP contribution in [0.4, 0.5) is 0 Å². The summed E-state index contributed by atoms with van der Waals surface area (Å²) in [6, 6.07) is 0. The molecule has 0 heterocycles. The zero-order chi connectivity index (χ0) is 9.00. The Hall–Kier alpha value is 5.87. The average Bonchev–Trinajstić information content (AvgIpc) is 1.12. The van der Waals surface area contributed by atoms with Gasteiger partial charge in [0, 0.05) is 0 Å². The van der Waals surface area contributed by atoms with Crippen molar-refractivity contribution < 1.29 is 96.9 Å². The van der Waals surface area contributed by atoms with Crippen LogP contribution < -0.4 is 29.4 Å². The van der Waals surface area contributed by atoms with Crippen LogP contribution >= 0.6 is 15.6 Å². The fourth-order valence-electron chi connectivity index (χ4n) is 0. The van der Waals surface area contributed by atoms with E-state index in [4.69, 9.17) is 38.5 Å². The molecule has 0 aromatic rings. The van der Waals surface area contributed by atoms with Gasteiger partial charge in [-0.2, -0.15) is 15.6 Å². The third kappa shape index (κ3) is 205. The quantitative estimate of drug-likeness (QED) is 0.227. The van der Waals surface area contributed by atoms with Crippen molar-refractivity contribution in [2.75, 3.05) is 0 Å². The van der Waals surface area contributed by atoms with Crippen molar-refractivity contribution in [1.82, 2.24) is 0 Å². The van der Waals surface area contributed by atoms with Crippen molar-refractivity contribution in [1.29, 1.82) is 0 Å². The standard InChI is InChI=1S/3Ca.2H3O4P.3Zn.6H/c;;;2*1-5(2,3)4;;;;;;;;;/h;;;2*(H3,1,2,3,4);;;;;;;;;/q;;;;;3*+2;;;;;;/p-6. The van der Waals surface area contributed by atoms with Gasteiger partial charge in [-0.15, -0.1) is 0 Å². The third-order valence-corrected chi connectivity index (χ3v) is 0. The molecule has 16 heteroatoms. The SMILES string of the molecule is O=P([O-])([O-])[O-].O=P([O-])([O-])[O-].[CaH2].[CaH2].[CaH2].[Zn+2].[Zn+2].[Zn+2]. The predicted molar refractivity (Wildman–Crippen MR) is 40.8 cm³/mol. The smallest absolute Gasteiger partial charge is 2.00 e. The first kappa shape index (κ1) is 49.5. The molecule has 0 bridgehead atoms. The van der Waals surface area contributed by atoms with Crippen molar-refractivity contribution in [3.05, 3.63) is 0 Å². The molecule has 0 atom stereocenters. The molecule has 76 valence electrons. The minimum absolute atomic E-state index is 0. The average molecular weight is 512 g/mol. The molecule has 0 saturated heterocycles. The van der Waals surface area contributed by atoms with E-state index in [9.17, 15) is 0 Å². The van der Waals surface area contributed by atoms with Crippen molar-refractivity contribution in [2.24, 2.45) is 0 Å². The zero-order valence-electron chi connectivity index (χ0n) is 6.28. The van der Waals surface area contributed by atoms with E-state index in [0.717, 1.165) is 0 Å². The van der Waals surface area contributed by atoms with Gasteiger partial charge in [-0.1, -0.05) is 0 Å². The van der Waals surface area contributed by atoms with E-state index in [-0.39, 0.29) is 172 Å². The minimum Gasteiger partial charge on any atom is 2.00 e. The van der Waals surface area contributed by atoms with Crippen LogP contribution in [-0.4, -0.2) is 113 Å². The second kappa shape index (κ2) is 25.8. The van der Waals surface area contributed by atoms with Gasteiger partial charge in [-0.05, 0) is 0 Å². The fraction of sp³-hybridized carbons (Fsp3) is 0. The van der Waals surface area contributed by atoms with Crippen LogP contribution in [0.25, 0.3) is 0 Å². The fourth-order valence-corrected chi connectivity index (χ4v) is 0. The third-order valence-electron chi connectivity index (χ3n) is 0. The Balaban J connectivity index is -0.00000000970. The van der Waals surface area contributed by atoms with Crippen LogP contribution in [-0.2, 0) is 67.6 Å². The molecule has 16 heavy (non-hydrogen) atoms. The van der Waals surface area contributed by atoms with E-state index < -0.39 is 15.6 Å². The van der Waals surface area contributed by atoms with Gasteiger partial charge in [-0.3, -0.25) is 0 Å². The van der Waals surface area contributed by atoms with E-state index in [1.807, 2.05) is 0 Å². The Morgan fingerprint density at radius 2 is 0.500 bits per heavy atom. The largest absolute Gasteiger partial charge is 2.00 e. The maximum Gasteiger partial charge on any atom is 2.00 e. The number of hydrogen-bond donors (Lipinski definition) is 0. The number of rotatable bonds is 0. The molecule has 0 N–H and O–H groups in total. The second-order valence-corrected chi connectivity index (χ2v) is 2.68. The van der Waals surface area contributed by atoms with E-state index in [2.05, 4.69) is 0 Å². The predicted octanol–water partition coefficient (Wildman–Crippen LogP) is -8.41. The van der Waals surface area contributed by atoms with Gasteiger partial charge in [-0.25, -0.2) is 0 Å². The van der Waals surface area contributed by atoms with Gasteiger partial charge >= 0.3 is 172 Å². The van der Waals surface area contributed by atoms with Gasteiger partial charge in [0.15, 0.2) is 0 Å². The van der Waals surface area contributed by atoms with Crippen LogP contribution in [0.3, 0.4) is 0 Å². The van der Waals surface area contributed by atoms with Crippen LogP contribution in [0.2, 0.25) is 0 Å². The molecule has 0 amide bonds. The Morgan fingerprint density at radius 3 is 0.500 bits per heavy atom. The molecular weight excluding hydrogens is 506 g/mol. The van der Waals surface area contributed by atoms with Gasteiger partial charge in [0.05, 0.1) is 0 Å². The summed E-state index contributed by atoms with van der Waals surface area (Å²) in [5.74, 6) is 0. The molecule has 0 spiro atoms. The maximum absolute atomic E-state index is 8.55. The van der Waals surface area contributed by atoms with Crippen LogP contribution in [0.15, 0.2) is 0 Å². The Labute approximate surface area is 220 Å². The molecule has 0 aromatic heterocycles. The summed E-state index contributed by atoms with van der Waals surface area (Å²) in [5, 5.41) is 0. The van der Waals surface area contributed by atoms with Crippen LogP contribution in [0.1, 0.15) is 0 Å². The summed E-state index contributed by atoms with van der Waals surface area (Å²) in [7, 11) is -10.8. The van der Waals surface area contributed by atoms with Crippen molar-refractivity contribution in [3.63, 3.8) is 0 Å². The first-order chi connectivity index (χ1) is 4.00. The summed E-state index contributed by atoms with van der Waals surface area (Å²) in [6.45, 7) is 0. The molecule has 0 unspecified atom stereocenters. The van der Waals surface area contributed by atoms with Crippen molar-refractivity contribution in [2.45, 2.75) is 0 Å². The van der Waals surface area contributed by atoms with Crippen molar-refractivity contribution >= 4 is 129 Å². The summed E-state index contributed by atoms with van der Waals surface area (Å²) in [5.41, 5.74) is 0. The van der Waals surface area contributed by atoms with E-state index >= 15 is 0 Å². The van der Waals surface area contributed by atoms with Crippen LogP contribution in [0, 0.1) is 0 Å². The molecule has 0 aliphatic rings. The summed E-state index contributed by atoms with van der Waals surface area (Å²) in [6.07, 6.45) is 0. The van der Waals surface area contributed by atoms with E-state index in [1.165, 1.54) is 0 Å². The summed E-state index contributed by atoms with van der Waals surface area (Å²) in [4.78, 5) is 51.3. The first-order valence-electron chi connectivity index (χ1n) is 1.46. The van der Waals surface area contributed by atoms with E-state index in [1.54, 1.807) is 0 Å². The maximum atomic E-state index is 8.55. The second-order valence-electron chi connectivity index (χ2n) is 0.894. The summed E-state index contributed by atoms with van der Waals surface area (Å²) < 4.78 is 17.1. The van der Waals surface area contributed by atoms with Gasteiger partial charge < -0.3 is 38.5 Å². The normalized spacial score (nSPS) is 7.38. The Morgan fingerprint density at radius 1 is 0.500 bits per heavy atom. The monoisotopic (exact) mass is 508 g/mol. The topological polar surface area (TPSA) is 172 Å². The Kier molecular flexibility index (Phi) is 79.9. The molecule has 0 aliphatic carbocycles. The number of hydrogen-bond acceptors (Lipinski definition) is 8. The molecule has 0 aliphatic heterocycles. The molecule has 0 radical (unpaired) electrons. The molecule has 0 saturated carbocycles. The molecule has 0 rings (SSSR count). The van der Waals surface area contributed by atoms with Gasteiger partial charge in [0.2, 0.25) is 0 Å². The van der Waals surface area contributed by atoms with Crippen LogP contribution in [0.5, 0.6) is 0 Å². The minimum atomic E-state index is -5.39. The molecule has 0 aromatic carbocycles. The van der Waals surface area contributed by atoms with E-state index in [0.29, 0.717) is 0 Å². The molecule has 0 fully saturated rings. The Bertz CT molecular complexity index is 141.